The molecular weight excluding hydrogens is 341 g/mol. The summed E-state index contributed by atoms with van der Waals surface area (Å²) < 4.78 is 8.31. The van der Waals surface area contributed by atoms with Gasteiger partial charge in [0.15, 0.2) is 5.82 Å². The average molecular weight is 351 g/mol. The van der Waals surface area contributed by atoms with Crippen molar-refractivity contribution in [2.45, 2.75) is 0 Å². The van der Waals surface area contributed by atoms with Crippen molar-refractivity contribution >= 4 is 28.1 Å². The van der Waals surface area contributed by atoms with Gasteiger partial charge in [-0.2, -0.15) is 0 Å². The Morgan fingerprint density at radius 1 is 1.22 bits per heavy atom. The van der Waals surface area contributed by atoms with Gasteiger partial charge in [0.05, 0.1) is 12.6 Å². The van der Waals surface area contributed by atoms with Gasteiger partial charge in [0.1, 0.15) is 15.1 Å². The van der Waals surface area contributed by atoms with E-state index >= 15 is 0 Å². The first-order valence-electron chi connectivity index (χ1n) is 5.43. The summed E-state index contributed by atoms with van der Waals surface area (Å²) in [5, 5.41) is 0. The molecule has 0 unspecified atom stereocenters. The predicted molar refractivity (Wildman–Crippen MR) is 77.7 cm³/mol. The third-order valence-corrected chi connectivity index (χ3v) is 3.50. The highest BCUT2D eigenvalue weighted by Gasteiger charge is 2.15. The highest BCUT2D eigenvalue weighted by molar-refractivity contribution is 14.1. The molecule has 0 aliphatic heterocycles. The maximum atomic E-state index is 5.34. The molecule has 0 radical (unpaired) electrons. The molecule has 18 heavy (non-hydrogen) atoms. The summed E-state index contributed by atoms with van der Waals surface area (Å²) in [5.74, 6) is 1.53. The number of methoxy groups -OCH3 is 1. The van der Waals surface area contributed by atoms with E-state index in [1.54, 1.807) is 13.3 Å². The largest absolute Gasteiger partial charge is 0.494 e. The molecule has 3 rings (SSSR count). The number of halogens is 1. The van der Waals surface area contributed by atoms with E-state index in [0.717, 1.165) is 26.5 Å². The molecule has 5 heteroatoms. The first-order chi connectivity index (χ1) is 8.81. The summed E-state index contributed by atoms with van der Waals surface area (Å²) in [6.07, 6.45) is 3.72. The minimum atomic E-state index is 0.727. The van der Waals surface area contributed by atoms with Crippen LogP contribution in [0.4, 0.5) is 0 Å². The first kappa shape index (κ1) is 11.5. The highest BCUT2D eigenvalue weighted by Crippen LogP contribution is 2.28. The Kier molecular flexibility index (Phi) is 2.91. The third kappa shape index (κ3) is 1.74. The zero-order chi connectivity index (χ0) is 12.5. The zero-order valence-corrected chi connectivity index (χ0v) is 11.8. The van der Waals surface area contributed by atoms with Gasteiger partial charge in [0.2, 0.25) is 0 Å². The highest BCUT2D eigenvalue weighted by atomic mass is 127. The van der Waals surface area contributed by atoms with E-state index in [2.05, 4.69) is 32.6 Å². The number of pyridine rings is 2. The molecular formula is C13H10IN3O. The molecule has 3 aromatic heterocycles. The van der Waals surface area contributed by atoms with Crippen molar-refractivity contribution < 1.29 is 4.74 Å². The van der Waals surface area contributed by atoms with Crippen molar-refractivity contribution in [3.05, 3.63) is 46.4 Å². The molecule has 0 aliphatic rings. The van der Waals surface area contributed by atoms with Crippen LogP contribution in [0.15, 0.2) is 42.7 Å². The Labute approximate surface area is 118 Å². The van der Waals surface area contributed by atoms with Gasteiger partial charge in [-0.05, 0) is 46.9 Å². The fourth-order valence-corrected chi connectivity index (χ4v) is 2.56. The molecule has 90 valence electrons. The summed E-state index contributed by atoms with van der Waals surface area (Å²) in [5.41, 5.74) is 1.82. The van der Waals surface area contributed by atoms with E-state index in [0.29, 0.717) is 0 Å². The standard InChI is InChI=1S/C13H10IN3O/c1-18-10-6-4-7-15-11(10)13-16-12(14)9-5-2-3-8-17(9)13/h2-8H,1H3. The molecule has 0 bridgehead atoms. The van der Waals surface area contributed by atoms with Crippen LogP contribution in [0.5, 0.6) is 5.75 Å². The van der Waals surface area contributed by atoms with Crippen molar-refractivity contribution in [1.29, 1.82) is 0 Å². The Balaban J connectivity index is 2.32. The third-order valence-electron chi connectivity index (χ3n) is 2.71. The van der Waals surface area contributed by atoms with Crippen molar-refractivity contribution in [1.82, 2.24) is 14.4 Å². The second kappa shape index (κ2) is 4.56. The van der Waals surface area contributed by atoms with Gasteiger partial charge in [-0.25, -0.2) is 9.97 Å². The number of imidazole rings is 1. The molecule has 0 N–H and O–H groups in total. The molecule has 0 aromatic carbocycles. The van der Waals surface area contributed by atoms with E-state index in [4.69, 9.17) is 4.74 Å². The Morgan fingerprint density at radius 3 is 2.94 bits per heavy atom. The molecule has 0 saturated heterocycles. The lowest BCUT2D eigenvalue weighted by molar-refractivity contribution is 0.414. The van der Waals surface area contributed by atoms with Gasteiger partial charge >= 0.3 is 0 Å². The van der Waals surface area contributed by atoms with Gasteiger partial charge in [0.25, 0.3) is 0 Å². The monoisotopic (exact) mass is 351 g/mol. The second-order valence-corrected chi connectivity index (χ2v) is 4.76. The van der Waals surface area contributed by atoms with Gasteiger partial charge in [-0.15, -0.1) is 0 Å². The Hall–Kier alpha value is -1.63. The second-order valence-electron chi connectivity index (χ2n) is 3.74. The predicted octanol–water partition coefficient (Wildman–Crippen LogP) is 3.01. The molecule has 4 nitrogen and oxygen atoms in total. The summed E-state index contributed by atoms with van der Waals surface area (Å²) in [6.45, 7) is 0. The van der Waals surface area contributed by atoms with E-state index in [9.17, 15) is 0 Å². The lowest BCUT2D eigenvalue weighted by atomic mass is 10.3. The SMILES string of the molecule is COc1cccnc1-c1nc(I)c2ccccn12. The number of nitrogens with zero attached hydrogens (tertiary/aromatic N) is 3. The lowest BCUT2D eigenvalue weighted by Crippen LogP contribution is -1.95. The van der Waals surface area contributed by atoms with E-state index in [1.165, 1.54) is 0 Å². The number of fused-ring (bicyclic) bond motifs is 1. The smallest absolute Gasteiger partial charge is 0.168 e. The van der Waals surface area contributed by atoms with E-state index in [1.807, 2.05) is 40.9 Å². The van der Waals surface area contributed by atoms with E-state index < -0.39 is 0 Å². The number of aromatic nitrogens is 3. The topological polar surface area (TPSA) is 39.4 Å². The molecule has 0 atom stereocenters. The van der Waals surface area contributed by atoms with Crippen LogP contribution in [0.2, 0.25) is 0 Å². The summed E-state index contributed by atoms with van der Waals surface area (Å²) >= 11 is 2.23. The molecule has 0 saturated carbocycles. The van der Waals surface area contributed by atoms with Gasteiger partial charge in [-0.1, -0.05) is 6.07 Å². The van der Waals surface area contributed by atoms with Crippen LogP contribution in [-0.2, 0) is 0 Å². The van der Waals surface area contributed by atoms with E-state index in [-0.39, 0.29) is 0 Å². The van der Waals surface area contributed by atoms with Crippen LogP contribution >= 0.6 is 22.6 Å². The van der Waals surface area contributed by atoms with Crippen molar-refractivity contribution in [3.8, 4) is 17.3 Å². The fraction of sp³-hybridized carbons (Fsp3) is 0.0769. The fourth-order valence-electron chi connectivity index (χ4n) is 1.89. The molecule has 0 amide bonds. The van der Waals surface area contributed by atoms with Crippen LogP contribution in [0.1, 0.15) is 0 Å². The van der Waals surface area contributed by atoms with Crippen molar-refractivity contribution in [3.63, 3.8) is 0 Å². The Morgan fingerprint density at radius 2 is 2.11 bits per heavy atom. The van der Waals surface area contributed by atoms with Gasteiger partial charge in [0, 0.05) is 12.4 Å². The molecule has 0 fully saturated rings. The summed E-state index contributed by atoms with van der Waals surface area (Å²) in [4.78, 5) is 8.95. The minimum Gasteiger partial charge on any atom is -0.494 e. The molecule has 3 heterocycles. The van der Waals surface area contributed by atoms with Crippen molar-refractivity contribution in [2.24, 2.45) is 0 Å². The van der Waals surface area contributed by atoms with Crippen LogP contribution in [0.25, 0.3) is 17.0 Å². The number of rotatable bonds is 2. The number of ether oxygens (including phenoxy) is 1. The quantitative estimate of drug-likeness (QED) is 0.667. The average Bonchev–Trinajstić information content (AvgIpc) is 2.77. The maximum absolute atomic E-state index is 5.34. The van der Waals surface area contributed by atoms with Crippen molar-refractivity contribution in [2.75, 3.05) is 7.11 Å². The van der Waals surface area contributed by atoms with Crippen LogP contribution in [0, 0.1) is 3.70 Å². The minimum absolute atomic E-state index is 0.727. The lowest BCUT2D eigenvalue weighted by Gasteiger charge is -2.05. The van der Waals surface area contributed by atoms with Crippen LogP contribution in [0.3, 0.4) is 0 Å². The zero-order valence-electron chi connectivity index (χ0n) is 9.67. The molecule has 0 aliphatic carbocycles. The number of hydrogen-bond acceptors (Lipinski definition) is 3. The molecule has 0 spiro atoms. The summed E-state index contributed by atoms with van der Waals surface area (Å²) in [7, 11) is 1.64. The Bertz CT molecular complexity index is 708. The van der Waals surface area contributed by atoms with Gasteiger partial charge < -0.3 is 4.74 Å². The summed E-state index contributed by atoms with van der Waals surface area (Å²) in [6, 6.07) is 9.75. The maximum Gasteiger partial charge on any atom is 0.168 e. The normalized spacial score (nSPS) is 10.8. The van der Waals surface area contributed by atoms with Gasteiger partial charge in [-0.3, -0.25) is 4.40 Å². The molecule has 3 aromatic rings. The first-order valence-corrected chi connectivity index (χ1v) is 6.51. The van der Waals surface area contributed by atoms with Crippen LogP contribution < -0.4 is 4.74 Å². The van der Waals surface area contributed by atoms with Crippen LogP contribution in [-0.4, -0.2) is 21.5 Å². The number of hydrogen-bond donors (Lipinski definition) is 0.